The maximum atomic E-state index is 14.6. The zero-order valence-electron chi connectivity index (χ0n) is 16.0. The standard InChI is InChI=1S/C23H26FNO2/c1-25(13-11-16-5-3-6-17-12-14-27-23(16)17)15-18-7-4-8-19-21(26-2)10-9-20(24)22(18)19/h3,5-6,9-10,12,14,18H,4,7-8,11,13,15H2,1-2H3/t18-/m0/s1. The average Bonchev–Trinajstić information content (AvgIpc) is 3.16. The molecule has 0 saturated carbocycles. The third kappa shape index (κ3) is 3.59. The van der Waals surface area contributed by atoms with E-state index in [0.29, 0.717) is 0 Å². The summed E-state index contributed by atoms with van der Waals surface area (Å²) < 4.78 is 25.7. The number of methoxy groups -OCH3 is 1. The van der Waals surface area contributed by atoms with Crippen LogP contribution < -0.4 is 4.74 Å². The van der Waals surface area contributed by atoms with E-state index in [1.165, 1.54) is 5.56 Å². The first-order valence-corrected chi connectivity index (χ1v) is 9.66. The number of ether oxygens (including phenoxy) is 1. The Kier molecular flexibility index (Phi) is 5.17. The van der Waals surface area contributed by atoms with Crippen LogP contribution in [-0.4, -0.2) is 32.1 Å². The lowest BCUT2D eigenvalue weighted by Crippen LogP contribution is -2.29. The van der Waals surface area contributed by atoms with Gasteiger partial charge in [0, 0.05) is 24.0 Å². The molecule has 1 aliphatic carbocycles. The number of likely N-dealkylation sites (N-methyl/N-ethyl adjacent to an activating group) is 1. The summed E-state index contributed by atoms with van der Waals surface area (Å²) in [6.45, 7) is 1.77. The summed E-state index contributed by atoms with van der Waals surface area (Å²) >= 11 is 0. The molecule has 27 heavy (non-hydrogen) atoms. The molecule has 3 aromatic rings. The van der Waals surface area contributed by atoms with Gasteiger partial charge in [-0.15, -0.1) is 0 Å². The van der Waals surface area contributed by atoms with Crippen LogP contribution in [0, 0.1) is 5.82 Å². The molecule has 1 heterocycles. The summed E-state index contributed by atoms with van der Waals surface area (Å²) in [5.74, 6) is 0.945. The molecule has 0 N–H and O–H groups in total. The Bertz CT molecular complexity index is 933. The largest absolute Gasteiger partial charge is 0.496 e. The van der Waals surface area contributed by atoms with Crippen molar-refractivity contribution < 1.29 is 13.5 Å². The van der Waals surface area contributed by atoms with Gasteiger partial charge in [0.05, 0.1) is 13.4 Å². The number of nitrogens with zero attached hydrogens (tertiary/aromatic N) is 1. The van der Waals surface area contributed by atoms with Crippen molar-refractivity contribution in [1.29, 1.82) is 0 Å². The number of hydrogen-bond donors (Lipinski definition) is 0. The molecule has 0 aliphatic heterocycles. The van der Waals surface area contributed by atoms with Crippen LogP contribution in [0.25, 0.3) is 11.0 Å². The van der Waals surface area contributed by atoms with Gasteiger partial charge in [-0.3, -0.25) is 0 Å². The summed E-state index contributed by atoms with van der Waals surface area (Å²) in [7, 11) is 3.78. The van der Waals surface area contributed by atoms with Crippen molar-refractivity contribution >= 4 is 11.0 Å². The minimum Gasteiger partial charge on any atom is -0.496 e. The van der Waals surface area contributed by atoms with Crippen molar-refractivity contribution in [3.05, 3.63) is 65.2 Å². The second-order valence-corrected chi connectivity index (χ2v) is 7.50. The van der Waals surface area contributed by atoms with Gasteiger partial charge in [0.2, 0.25) is 0 Å². The van der Waals surface area contributed by atoms with Crippen LogP contribution in [0.1, 0.15) is 35.4 Å². The second kappa shape index (κ2) is 7.73. The predicted molar refractivity (Wildman–Crippen MR) is 106 cm³/mol. The minimum absolute atomic E-state index is 0.0933. The van der Waals surface area contributed by atoms with E-state index in [-0.39, 0.29) is 11.7 Å². The Morgan fingerprint density at radius 1 is 1.22 bits per heavy atom. The van der Waals surface area contributed by atoms with Crippen molar-refractivity contribution in [2.24, 2.45) is 0 Å². The average molecular weight is 367 g/mol. The van der Waals surface area contributed by atoms with E-state index in [0.717, 1.165) is 66.6 Å². The smallest absolute Gasteiger partial charge is 0.137 e. The van der Waals surface area contributed by atoms with Crippen molar-refractivity contribution in [2.45, 2.75) is 31.6 Å². The van der Waals surface area contributed by atoms with E-state index in [1.54, 1.807) is 25.5 Å². The first-order valence-electron chi connectivity index (χ1n) is 9.66. The molecule has 3 nitrogen and oxygen atoms in total. The van der Waals surface area contributed by atoms with Crippen LogP contribution >= 0.6 is 0 Å². The first-order chi connectivity index (χ1) is 13.2. The maximum Gasteiger partial charge on any atom is 0.137 e. The molecule has 2 aromatic carbocycles. The fourth-order valence-electron chi connectivity index (χ4n) is 4.39. The highest BCUT2D eigenvalue weighted by atomic mass is 19.1. The molecule has 0 saturated heterocycles. The van der Waals surface area contributed by atoms with Crippen LogP contribution in [0.5, 0.6) is 5.75 Å². The summed E-state index contributed by atoms with van der Waals surface area (Å²) in [5, 5.41) is 1.14. The van der Waals surface area contributed by atoms with Gasteiger partial charge in [-0.25, -0.2) is 4.39 Å². The Balaban J connectivity index is 1.47. The van der Waals surface area contributed by atoms with Crippen molar-refractivity contribution in [1.82, 2.24) is 4.90 Å². The predicted octanol–water partition coefficient (Wildman–Crippen LogP) is 5.17. The van der Waals surface area contributed by atoms with Crippen LogP contribution in [0.2, 0.25) is 0 Å². The number of furan rings is 1. The Morgan fingerprint density at radius 2 is 2.11 bits per heavy atom. The van der Waals surface area contributed by atoms with Crippen LogP contribution in [-0.2, 0) is 12.8 Å². The molecule has 0 radical (unpaired) electrons. The first kappa shape index (κ1) is 18.1. The molecule has 1 aliphatic rings. The summed E-state index contributed by atoms with van der Waals surface area (Å²) in [6.07, 6.45) is 5.66. The lowest BCUT2D eigenvalue weighted by Gasteiger charge is -2.30. The van der Waals surface area contributed by atoms with E-state index in [9.17, 15) is 4.39 Å². The van der Waals surface area contributed by atoms with Gasteiger partial charge in [0.25, 0.3) is 0 Å². The van der Waals surface area contributed by atoms with Gasteiger partial charge >= 0.3 is 0 Å². The fourth-order valence-corrected chi connectivity index (χ4v) is 4.39. The quantitative estimate of drug-likeness (QED) is 0.601. The van der Waals surface area contributed by atoms with Gasteiger partial charge < -0.3 is 14.1 Å². The third-order valence-corrected chi connectivity index (χ3v) is 5.72. The van der Waals surface area contributed by atoms with Gasteiger partial charge in [-0.2, -0.15) is 0 Å². The van der Waals surface area contributed by atoms with E-state index in [2.05, 4.69) is 30.1 Å². The molecular formula is C23H26FNO2. The topological polar surface area (TPSA) is 25.6 Å². The molecule has 1 atom stereocenters. The Labute approximate surface area is 159 Å². The van der Waals surface area contributed by atoms with Gasteiger partial charge in [-0.1, -0.05) is 18.2 Å². The fraction of sp³-hybridized carbons (Fsp3) is 0.391. The molecule has 0 spiro atoms. The van der Waals surface area contributed by atoms with E-state index in [4.69, 9.17) is 9.15 Å². The molecule has 0 unspecified atom stereocenters. The molecule has 4 heteroatoms. The van der Waals surface area contributed by atoms with E-state index in [1.807, 2.05) is 6.07 Å². The Morgan fingerprint density at radius 3 is 2.96 bits per heavy atom. The monoisotopic (exact) mass is 367 g/mol. The Hall–Kier alpha value is -2.33. The minimum atomic E-state index is -0.0933. The van der Waals surface area contributed by atoms with Gasteiger partial charge in [0.15, 0.2) is 0 Å². The number of fused-ring (bicyclic) bond motifs is 2. The SMILES string of the molecule is COc1ccc(F)c2c1CCC[C@H]2CN(C)CCc1cccc2ccoc12. The highest BCUT2D eigenvalue weighted by molar-refractivity contribution is 5.80. The highest BCUT2D eigenvalue weighted by Crippen LogP contribution is 2.38. The van der Waals surface area contributed by atoms with E-state index >= 15 is 0 Å². The van der Waals surface area contributed by atoms with Crippen LogP contribution in [0.3, 0.4) is 0 Å². The van der Waals surface area contributed by atoms with Crippen molar-refractivity contribution in [2.75, 3.05) is 27.2 Å². The van der Waals surface area contributed by atoms with Crippen LogP contribution in [0.15, 0.2) is 47.1 Å². The number of rotatable bonds is 6. The number of halogens is 1. The third-order valence-electron chi connectivity index (χ3n) is 5.72. The van der Waals surface area contributed by atoms with Crippen molar-refractivity contribution in [3.8, 4) is 5.75 Å². The number of hydrogen-bond acceptors (Lipinski definition) is 3. The second-order valence-electron chi connectivity index (χ2n) is 7.50. The summed E-state index contributed by atoms with van der Waals surface area (Å²) in [6, 6.07) is 11.6. The molecular weight excluding hydrogens is 341 g/mol. The molecule has 4 rings (SSSR count). The summed E-state index contributed by atoms with van der Waals surface area (Å²) in [4.78, 5) is 2.31. The molecule has 0 bridgehead atoms. The maximum absolute atomic E-state index is 14.6. The number of para-hydroxylation sites is 1. The van der Waals surface area contributed by atoms with Gasteiger partial charge in [-0.05, 0) is 68.0 Å². The molecule has 0 amide bonds. The van der Waals surface area contributed by atoms with Crippen LogP contribution in [0.4, 0.5) is 4.39 Å². The zero-order chi connectivity index (χ0) is 18.8. The molecule has 1 aromatic heterocycles. The lowest BCUT2D eigenvalue weighted by molar-refractivity contribution is 0.295. The van der Waals surface area contributed by atoms with E-state index < -0.39 is 0 Å². The normalized spacial score (nSPS) is 16.7. The molecule has 0 fully saturated rings. The lowest BCUT2D eigenvalue weighted by atomic mass is 9.81. The molecule has 142 valence electrons. The number of benzene rings is 2. The zero-order valence-corrected chi connectivity index (χ0v) is 16.0. The van der Waals surface area contributed by atoms with Crippen molar-refractivity contribution in [3.63, 3.8) is 0 Å². The van der Waals surface area contributed by atoms with Gasteiger partial charge in [0.1, 0.15) is 17.1 Å². The summed E-state index contributed by atoms with van der Waals surface area (Å²) in [5.41, 5.74) is 4.12. The highest BCUT2D eigenvalue weighted by Gasteiger charge is 2.27.